The van der Waals surface area contributed by atoms with Crippen LogP contribution < -0.4 is 0 Å². The number of aliphatic hydroxyl groups is 1. The molecule has 1 saturated heterocycles. The summed E-state index contributed by atoms with van der Waals surface area (Å²) in [6.07, 6.45) is -1.04. The van der Waals surface area contributed by atoms with Crippen LogP contribution in [0.1, 0.15) is 6.42 Å². The maximum Gasteiger partial charge on any atom is 0.184 e. The van der Waals surface area contributed by atoms with E-state index in [9.17, 15) is 5.11 Å². The third kappa shape index (κ3) is 2.54. The minimum atomic E-state index is -0.951. The van der Waals surface area contributed by atoms with Gasteiger partial charge in [-0.05, 0) is 0 Å². The lowest BCUT2D eigenvalue weighted by atomic mass is 10.0. The molecule has 0 aromatic rings. The van der Waals surface area contributed by atoms with Crippen molar-refractivity contribution < 1.29 is 19.3 Å². The molecule has 0 radical (unpaired) electrons. The topological polar surface area (TPSA) is 47.9 Å². The second-order valence-corrected chi connectivity index (χ2v) is 3.32. The van der Waals surface area contributed by atoms with Gasteiger partial charge in [-0.2, -0.15) is 0 Å². The molecule has 13 heavy (non-hydrogen) atoms. The summed E-state index contributed by atoms with van der Waals surface area (Å²) in [6, 6.07) is 0. The van der Waals surface area contributed by atoms with E-state index in [-0.39, 0.29) is 12.2 Å². The van der Waals surface area contributed by atoms with Crippen molar-refractivity contribution >= 4 is 11.6 Å². The van der Waals surface area contributed by atoms with E-state index in [1.165, 1.54) is 7.11 Å². The largest absolute Gasteiger partial charge is 0.378 e. The first-order valence-corrected chi connectivity index (χ1v) is 4.71. The van der Waals surface area contributed by atoms with Crippen molar-refractivity contribution in [3.63, 3.8) is 0 Å². The zero-order valence-electron chi connectivity index (χ0n) is 7.77. The van der Waals surface area contributed by atoms with Crippen LogP contribution in [-0.4, -0.2) is 49.8 Å². The fourth-order valence-electron chi connectivity index (χ4n) is 1.50. The van der Waals surface area contributed by atoms with E-state index in [2.05, 4.69) is 0 Å². The molecule has 1 unspecified atom stereocenters. The number of aliphatic hydroxyl groups excluding tert-OH is 1. The van der Waals surface area contributed by atoms with Crippen molar-refractivity contribution in [2.75, 3.05) is 20.1 Å². The average molecular weight is 211 g/mol. The van der Waals surface area contributed by atoms with Crippen molar-refractivity contribution in [3.8, 4) is 0 Å². The summed E-state index contributed by atoms with van der Waals surface area (Å²) in [7, 11) is 3.10. The first-order valence-electron chi connectivity index (χ1n) is 4.18. The molecule has 0 bridgehead atoms. The molecule has 0 amide bonds. The fraction of sp³-hybridized carbons (Fsp3) is 1.00. The van der Waals surface area contributed by atoms with Crippen molar-refractivity contribution in [2.45, 2.75) is 31.0 Å². The Morgan fingerprint density at radius 3 is 2.62 bits per heavy atom. The Bertz CT molecular complexity index is 155. The highest BCUT2D eigenvalue weighted by Gasteiger charge is 2.37. The van der Waals surface area contributed by atoms with E-state index in [1.54, 1.807) is 7.11 Å². The van der Waals surface area contributed by atoms with Gasteiger partial charge in [0.25, 0.3) is 0 Å². The summed E-state index contributed by atoms with van der Waals surface area (Å²) in [6.45, 7) is 0. The molecule has 4 atom stereocenters. The highest BCUT2D eigenvalue weighted by Crippen LogP contribution is 2.23. The van der Waals surface area contributed by atoms with Gasteiger partial charge in [-0.1, -0.05) is 0 Å². The molecule has 1 N–H and O–H groups in total. The van der Waals surface area contributed by atoms with E-state index in [0.717, 1.165) is 0 Å². The number of hydrogen-bond acceptors (Lipinski definition) is 4. The quantitative estimate of drug-likeness (QED) is 0.684. The van der Waals surface area contributed by atoms with E-state index in [0.29, 0.717) is 12.3 Å². The third-order valence-electron chi connectivity index (χ3n) is 2.22. The summed E-state index contributed by atoms with van der Waals surface area (Å²) in [5, 5.41) is 9.49. The van der Waals surface area contributed by atoms with Crippen molar-refractivity contribution in [3.05, 3.63) is 0 Å². The summed E-state index contributed by atoms with van der Waals surface area (Å²) >= 11 is 5.63. The molecular weight excluding hydrogens is 196 g/mol. The zero-order valence-corrected chi connectivity index (χ0v) is 8.53. The predicted octanol–water partition coefficient (Wildman–Crippen LogP) is 0.362. The Labute approximate surface area is 82.7 Å². The Hall–Kier alpha value is 0.130. The highest BCUT2D eigenvalue weighted by atomic mass is 35.5. The van der Waals surface area contributed by atoms with E-state index in [1.807, 2.05) is 0 Å². The van der Waals surface area contributed by atoms with Crippen molar-refractivity contribution in [2.24, 2.45) is 0 Å². The Balaban J connectivity index is 2.57. The molecule has 1 fully saturated rings. The van der Waals surface area contributed by atoms with E-state index < -0.39 is 12.4 Å². The molecule has 0 aromatic carbocycles. The normalized spacial score (nSPS) is 40.6. The summed E-state index contributed by atoms with van der Waals surface area (Å²) in [4.78, 5) is 0. The molecule has 0 saturated carbocycles. The molecule has 1 rings (SSSR count). The smallest absolute Gasteiger partial charge is 0.184 e. The summed E-state index contributed by atoms with van der Waals surface area (Å²) in [5.41, 5.74) is 0. The molecule has 4 nitrogen and oxygen atoms in total. The van der Waals surface area contributed by atoms with Gasteiger partial charge in [-0.25, -0.2) is 0 Å². The molecule has 5 heteroatoms. The zero-order chi connectivity index (χ0) is 9.84. The van der Waals surface area contributed by atoms with Crippen LogP contribution in [0.15, 0.2) is 0 Å². The van der Waals surface area contributed by atoms with E-state index >= 15 is 0 Å². The van der Waals surface area contributed by atoms with Gasteiger partial charge in [0.05, 0.1) is 12.2 Å². The molecule has 1 heterocycles. The number of rotatable bonds is 3. The van der Waals surface area contributed by atoms with Crippen LogP contribution in [0.4, 0.5) is 0 Å². The lowest BCUT2D eigenvalue weighted by Crippen LogP contribution is -2.50. The average Bonchev–Trinajstić information content (AvgIpc) is 2.16. The lowest BCUT2D eigenvalue weighted by Gasteiger charge is -2.37. The number of hydrogen-bond donors (Lipinski definition) is 1. The Morgan fingerprint density at radius 1 is 1.46 bits per heavy atom. The van der Waals surface area contributed by atoms with Crippen LogP contribution in [0.5, 0.6) is 0 Å². The minimum absolute atomic E-state index is 0.155. The number of alkyl halides is 1. The molecule has 0 spiro atoms. The third-order valence-corrected chi connectivity index (χ3v) is 2.57. The molecular formula is C8H15ClO4. The monoisotopic (exact) mass is 210 g/mol. The lowest BCUT2D eigenvalue weighted by molar-refractivity contribution is -0.253. The fourth-order valence-corrected chi connectivity index (χ4v) is 1.70. The molecule has 1 aliphatic rings. The van der Waals surface area contributed by atoms with Crippen LogP contribution in [0.25, 0.3) is 0 Å². The SMILES string of the molecule is CO[C@H]1C[C@@H](CCl)OC(O)[C@@H]1OC. The standard InChI is InChI=1S/C8H15ClO4/c1-11-6-3-5(4-9)13-8(10)7(6)12-2/h5-8,10H,3-4H2,1-2H3/t5-,6-,7+,8?/m0/s1. The molecule has 1 aliphatic heterocycles. The second kappa shape index (κ2) is 5.12. The maximum absolute atomic E-state index is 9.49. The Kier molecular flexibility index (Phi) is 4.41. The number of methoxy groups -OCH3 is 2. The van der Waals surface area contributed by atoms with Gasteiger partial charge in [-0.3, -0.25) is 0 Å². The first kappa shape index (κ1) is 11.2. The van der Waals surface area contributed by atoms with Crippen molar-refractivity contribution in [1.29, 1.82) is 0 Å². The number of halogens is 1. The molecule has 0 aliphatic carbocycles. The highest BCUT2D eigenvalue weighted by molar-refractivity contribution is 6.18. The van der Waals surface area contributed by atoms with Gasteiger partial charge in [0.1, 0.15) is 6.10 Å². The van der Waals surface area contributed by atoms with Gasteiger partial charge in [0.2, 0.25) is 0 Å². The minimum Gasteiger partial charge on any atom is -0.378 e. The Morgan fingerprint density at radius 2 is 2.15 bits per heavy atom. The van der Waals surface area contributed by atoms with Gasteiger partial charge in [0, 0.05) is 26.5 Å². The second-order valence-electron chi connectivity index (χ2n) is 3.01. The summed E-state index contributed by atoms with van der Waals surface area (Å²) in [5.74, 6) is 0.355. The van der Waals surface area contributed by atoms with Gasteiger partial charge < -0.3 is 19.3 Å². The van der Waals surface area contributed by atoms with Crippen LogP contribution in [0.2, 0.25) is 0 Å². The van der Waals surface area contributed by atoms with Crippen LogP contribution >= 0.6 is 11.6 Å². The van der Waals surface area contributed by atoms with Gasteiger partial charge in [0.15, 0.2) is 6.29 Å². The maximum atomic E-state index is 9.49. The molecule has 78 valence electrons. The predicted molar refractivity (Wildman–Crippen MR) is 47.8 cm³/mol. The van der Waals surface area contributed by atoms with Crippen LogP contribution in [0.3, 0.4) is 0 Å². The van der Waals surface area contributed by atoms with Gasteiger partial charge in [-0.15, -0.1) is 11.6 Å². The van der Waals surface area contributed by atoms with E-state index in [4.69, 9.17) is 25.8 Å². The van der Waals surface area contributed by atoms with Gasteiger partial charge >= 0.3 is 0 Å². The first-order chi connectivity index (χ1) is 6.22. The summed E-state index contributed by atoms with van der Waals surface area (Å²) < 4.78 is 15.4. The molecule has 0 aromatic heterocycles. The van der Waals surface area contributed by atoms with Crippen LogP contribution in [-0.2, 0) is 14.2 Å². The number of ether oxygens (including phenoxy) is 3. The van der Waals surface area contributed by atoms with Crippen molar-refractivity contribution in [1.82, 2.24) is 0 Å². The van der Waals surface area contributed by atoms with Crippen LogP contribution in [0, 0.1) is 0 Å².